The van der Waals surface area contributed by atoms with Gasteiger partial charge in [0.15, 0.2) is 0 Å². The predicted octanol–water partition coefficient (Wildman–Crippen LogP) is -0.716. The van der Waals surface area contributed by atoms with Gasteiger partial charge in [-0.1, -0.05) is 0 Å². The molecule has 0 aromatic carbocycles. The molecule has 0 amide bonds. The third-order valence-electron chi connectivity index (χ3n) is 2.70. The Labute approximate surface area is 85.1 Å². The summed E-state index contributed by atoms with van der Waals surface area (Å²) < 4.78 is 12.5. The van der Waals surface area contributed by atoms with Crippen LogP contribution in [0.25, 0.3) is 0 Å². The van der Waals surface area contributed by atoms with Crippen molar-refractivity contribution in [3.8, 4) is 6.01 Å². The van der Waals surface area contributed by atoms with E-state index in [-0.39, 0.29) is 30.5 Å². The second kappa shape index (κ2) is 3.04. The molecule has 1 aromatic heterocycles. The quantitative estimate of drug-likeness (QED) is 0.612. The van der Waals surface area contributed by atoms with Crippen LogP contribution in [0, 0.1) is 0 Å². The lowest BCUT2D eigenvalue weighted by molar-refractivity contribution is -0.0204. The maximum absolute atomic E-state index is 11.0. The average molecular weight is 210 g/mol. The molecule has 1 aromatic rings. The molecule has 0 saturated carbocycles. The molecule has 3 heterocycles. The second-order valence-electron chi connectivity index (χ2n) is 3.70. The maximum atomic E-state index is 11.0. The summed E-state index contributed by atoms with van der Waals surface area (Å²) in [5.74, 6) is 0. The van der Waals surface area contributed by atoms with Gasteiger partial charge < -0.3 is 14.6 Å². The lowest BCUT2D eigenvalue weighted by Crippen LogP contribution is -2.28. The van der Waals surface area contributed by atoms with Crippen LogP contribution >= 0.6 is 0 Å². The second-order valence-corrected chi connectivity index (χ2v) is 3.70. The van der Waals surface area contributed by atoms with E-state index in [1.165, 1.54) is 6.07 Å². The average Bonchev–Trinajstić information content (AvgIpc) is 2.46. The lowest BCUT2D eigenvalue weighted by Gasteiger charge is -2.15. The molecule has 1 fully saturated rings. The Morgan fingerprint density at radius 1 is 1.60 bits per heavy atom. The van der Waals surface area contributed by atoms with Crippen LogP contribution < -0.4 is 10.3 Å². The highest BCUT2D eigenvalue weighted by molar-refractivity contribution is 5.04. The minimum Gasteiger partial charge on any atom is -0.462 e. The number of aliphatic hydroxyl groups is 1. The minimum absolute atomic E-state index is 0.230. The highest BCUT2D eigenvalue weighted by Gasteiger charge is 2.38. The monoisotopic (exact) mass is 210 g/mol. The van der Waals surface area contributed by atoms with Crippen LogP contribution in [0.15, 0.2) is 17.1 Å². The van der Waals surface area contributed by atoms with Gasteiger partial charge in [0.25, 0.3) is 5.56 Å². The van der Waals surface area contributed by atoms with Gasteiger partial charge in [-0.25, -0.2) is 0 Å². The summed E-state index contributed by atoms with van der Waals surface area (Å²) >= 11 is 0. The van der Waals surface area contributed by atoms with Crippen LogP contribution in [0.2, 0.25) is 0 Å². The Kier molecular flexibility index (Phi) is 1.80. The molecular weight excluding hydrogens is 200 g/mol. The molecule has 3 unspecified atom stereocenters. The van der Waals surface area contributed by atoms with Crippen molar-refractivity contribution < 1.29 is 14.6 Å². The topological polar surface area (TPSA) is 73.6 Å². The van der Waals surface area contributed by atoms with Gasteiger partial charge in [-0.15, -0.1) is 0 Å². The van der Waals surface area contributed by atoms with Gasteiger partial charge in [-0.2, -0.15) is 4.98 Å². The number of hydrogen-bond acceptors (Lipinski definition) is 5. The largest absolute Gasteiger partial charge is 0.462 e. The Bertz CT molecular complexity index is 444. The van der Waals surface area contributed by atoms with E-state index in [0.717, 1.165) is 0 Å². The number of fused-ring (bicyclic) bond motifs is 4. The molecule has 1 N–H and O–H groups in total. The van der Waals surface area contributed by atoms with Gasteiger partial charge >= 0.3 is 6.01 Å². The Morgan fingerprint density at radius 2 is 2.47 bits per heavy atom. The van der Waals surface area contributed by atoms with E-state index in [2.05, 4.69) is 4.98 Å². The lowest BCUT2D eigenvalue weighted by atomic mass is 10.2. The fourth-order valence-electron chi connectivity index (χ4n) is 1.92. The first-order chi connectivity index (χ1) is 7.24. The van der Waals surface area contributed by atoms with Crippen LogP contribution in [0.1, 0.15) is 12.6 Å². The van der Waals surface area contributed by atoms with E-state index >= 15 is 0 Å². The van der Waals surface area contributed by atoms with Crippen LogP contribution in [-0.2, 0) is 4.74 Å². The van der Waals surface area contributed by atoms with Gasteiger partial charge in [0.2, 0.25) is 0 Å². The number of rotatable bonds is 0. The SMILES string of the molecule is O=c1ccn2c(n1)OCC1OC2CC1O. The number of ether oxygens (including phenoxy) is 2. The molecule has 15 heavy (non-hydrogen) atoms. The van der Waals surface area contributed by atoms with Crippen molar-refractivity contribution in [3.05, 3.63) is 22.6 Å². The summed E-state index contributed by atoms with van der Waals surface area (Å²) in [5, 5.41) is 9.60. The van der Waals surface area contributed by atoms with Crippen molar-refractivity contribution in [2.24, 2.45) is 0 Å². The summed E-state index contributed by atoms with van der Waals surface area (Å²) in [6, 6.07) is 1.61. The molecule has 3 rings (SSSR count). The summed E-state index contributed by atoms with van der Waals surface area (Å²) in [6.45, 7) is 0.230. The van der Waals surface area contributed by atoms with E-state index in [0.29, 0.717) is 6.42 Å². The molecule has 2 aliphatic heterocycles. The Hall–Kier alpha value is -1.40. The summed E-state index contributed by atoms with van der Waals surface area (Å²) in [6.07, 6.45) is 0.964. The standard InChI is InChI=1S/C9H10N2O4/c12-5-3-8-11-2-1-7(13)10-9(11)14-4-6(5)15-8/h1-2,5-6,8,12H,3-4H2. The molecule has 1 saturated heterocycles. The number of aromatic nitrogens is 2. The molecule has 0 spiro atoms. The summed E-state index contributed by atoms with van der Waals surface area (Å²) in [5.41, 5.74) is -0.334. The van der Waals surface area contributed by atoms with Crippen molar-refractivity contribution in [2.75, 3.05) is 6.61 Å². The Balaban J connectivity index is 2.07. The van der Waals surface area contributed by atoms with Gasteiger partial charge in [0.1, 0.15) is 18.9 Å². The number of nitrogens with zero attached hydrogens (tertiary/aromatic N) is 2. The molecule has 80 valence electrons. The number of hydrogen-bond donors (Lipinski definition) is 1. The zero-order chi connectivity index (χ0) is 10.4. The van der Waals surface area contributed by atoms with Crippen LogP contribution in [-0.4, -0.2) is 33.5 Å². The predicted molar refractivity (Wildman–Crippen MR) is 48.5 cm³/mol. The van der Waals surface area contributed by atoms with Gasteiger partial charge in [0.05, 0.1) is 6.10 Å². The normalized spacial score (nSPS) is 33.0. The molecule has 2 aliphatic rings. The zero-order valence-corrected chi connectivity index (χ0v) is 7.87. The van der Waals surface area contributed by atoms with Crippen LogP contribution in [0.4, 0.5) is 0 Å². The molecule has 6 heteroatoms. The number of aliphatic hydroxyl groups excluding tert-OH is 1. The van der Waals surface area contributed by atoms with E-state index < -0.39 is 6.10 Å². The molecular formula is C9H10N2O4. The van der Waals surface area contributed by atoms with E-state index in [1.54, 1.807) is 10.8 Å². The smallest absolute Gasteiger partial charge is 0.301 e. The van der Waals surface area contributed by atoms with Gasteiger partial charge in [-0.05, 0) is 0 Å². The highest BCUT2D eigenvalue weighted by Crippen LogP contribution is 2.33. The Morgan fingerprint density at radius 3 is 3.33 bits per heavy atom. The van der Waals surface area contributed by atoms with Crippen LogP contribution in [0.5, 0.6) is 6.01 Å². The molecule has 2 bridgehead atoms. The van der Waals surface area contributed by atoms with Gasteiger partial charge in [0, 0.05) is 18.7 Å². The van der Waals surface area contributed by atoms with Crippen molar-refractivity contribution in [1.82, 2.24) is 9.55 Å². The third kappa shape index (κ3) is 1.33. The fraction of sp³-hybridized carbons (Fsp3) is 0.556. The zero-order valence-electron chi connectivity index (χ0n) is 7.87. The summed E-state index contributed by atoms with van der Waals surface area (Å²) in [7, 11) is 0. The molecule has 0 aliphatic carbocycles. The van der Waals surface area contributed by atoms with Crippen molar-refractivity contribution in [3.63, 3.8) is 0 Å². The maximum Gasteiger partial charge on any atom is 0.301 e. The minimum atomic E-state index is -0.512. The first kappa shape index (κ1) is 8.87. The molecule has 6 nitrogen and oxygen atoms in total. The first-order valence-corrected chi connectivity index (χ1v) is 4.79. The van der Waals surface area contributed by atoms with E-state index in [1.807, 2.05) is 0 Å². The highest BCUT2D eigenvalue weighted by atomic mass is 16.6. The van der Waals surface area contributed by atoms with Crippen molar-refractivity contribution in [1.29, 1.82) is 0 Å². The molecule has 3 atom stereocenters. The molecule has 0 radical (unpaired) electrons. The third-order valence-corrected chi connectivity index (χ3v) is 2.70. The van der Waals surface area contributed by atoms with E-state index in [9.17, 15) is 9.90 Å². The fourth-order valence-corrected chi connectivity index (χ4v) is 1.92. The first-order valence-electron chi connectivity index (χ1n) is 4.79. The van der Waals surface area contributed by atoms with Crippen LogP contribution in [0.3, 0.4) is 0 Å². The van der Waals surface area contributed by atoms with Gasteiger partial charge in [-0.3, -0.25) is 9.36 Å². The van der Waals surface area contributed by atoms with E-state index in [4.69, 9.17) is 9.47 Å². The van der Waals surface area contributed by atoms with Crippen molar-refractivity contribution in [2.45, 2.75) is 24.9 Å². The summed E-state index contributed by atoms with van der Waals surface area (Å²) in [4.78, 5) is 14.8. The van der Waals surface area contributed by atoms with Crippen molar-refractivity contribution >= 4 is 0 Å².